The summed E-state index contributed by atoms with van der Waals surface area (Å²) in [5.74, 6) is 2.07. The third-order valence-corrected chi connectivity index (χ3v) is 7.49. The summed E-state index contributed by atoms with van der Waals surface area (Å²) < 4.78 is 0. The summed E-state index contributed by atoms with van der Waals surface area (Å²) in [4.78, 5) is 14.8. The number of hydrogen-bond acceptors (Lipinski definition) is 2. The maximum atomic E-state index is 12.2. The molecule has 2 amide bonds. The van der Waals surface area contributed by atoms with E-state index in [0.29, 0.717) is 16.7 Å². The Bertz CT molecular complexity index is 483. The molecule has 6 N–H and O–H groups in total. The molecule has 0 aromatic heterocycles. The van der Waals surface area contributed by atoms with Gasteiger partial charge in [0, 0.05) is 31.1 Å². The molecule has 1 aliphatic carbocycles. The maximum Gasteiger partial charge on any atom is 0.315 e. The minimum absolute atomic E-state index is 0. The Morgan fingerprint density at radius 3 is 2.26 bits per heavy atom. The number of nitrogens with zero attached hydrogens (tertiary/aromatic N) is 1. The van der Waals surface area contributed by atoms with E-state index >= 15 is 0 Å². The molecular weight excluding hydrogens is 414 g/mol. The van der Waals surface area contributed by atoms with Gasteiger partial charge in [0.15, 0.2) is 0 Å². The van der Waals surface area contributed by atoms with Crippen LogP contribution < -0.4 is 10.6 Å². The summed E-state index contributed by atoms with van der Waals surface area (Å²) in [5, 5.41) is 6.62. The molecule has 7 heteroatoms. The van der Waals surface area contributed by atoms with Gasteiger partial charge >= 0.3 is 6.03 Å². The van der Waals surface area contributed by atoms with Crippen LogP contribution in [0.2, 0.25) is 0 Å². The van der Waals surface area contributed by atoms with Gasteiger partial charge in [0.1, 0.15) is 0 Å². The molecule has 0 spiro atoms. The number of piperidine rings is 1. The van der Waals surface area contributed by atoms with Crippen molar-refractivity contribution in [3.05, 3.63) is 0 Å². The highest BCUT2D eigenvalue weighted by Gasteiger charge is 2.41. The van der Waals surface area contributed by atoms with E-state index in [0.717, 1.165) is 50.9 Å². The number of rotatable bonds is 8. The summed E-state index contributed by atoms with van der Waals surface area (Å²) in [5.41, 5.74) is 0.326. The zero-order valence-corrected chi connectivity index (χ0v) is 20.7. The van der Waals surface area contributed by atoms with Crippen molar-refractivity contribution in [2.75, 3.05) is 26.2 Å². The second-order valence-electron chi connectivity index (χ2n) is 10.2. The van der Waals surface area contributed by atoms with Crippen LogP contribution in [0.5, 0.6) is 0 Å². The van der Waals surface area contributed by atoms with Gasteiger partial charge in [0.2, 0.25) is 0 Å². The number of alkyl halides is 1. The number of urea groups is 1. The normalized spacial score (nSPS) is 26.6. The first-order valence-electron chi connectivity index (χ1n) is 11.6. The van der Waals surface area contributed by atoms with Gasteiger partial charge < -0.3 is 26.5 Å². The van der Waals surface area contributed by atoms with Gasteiger partial charge in [-0.1, -0.05) is 48.5 Å². The quantitative estimate of drug-likeness (QED) is 0.413. The summed E-state index contributed by atoms with van der Waals surface area (Å²) in [6.45, 7) is 15.4. The van der Waals surface area contributed by atoms with Gasteiger partial charge in [-0.3, -0.25) is 0 Å². The minimum Gasteiger partial charge on any atom is -0.412 e. The number of amides is 2. The van der Waals surface area contributed by atoms with Gasteiger partial charge in [-0.2, -0.15) is 0 Å². The number of carbonyl (C=O) groups excluding carboxylic acids is 1. The van der Waals surface area contributed by atoms with E-state index in [1.165, 1.54) is 32.1 Å². The Labute approximate surface area is 196 Å². The molecule has 1 saturated heterocycles. The molecule has 6 nitrogen and oxygen atoms in total. The highest BCUT2D eigenvalue weighted by molar-refractivity contribution is 6.20. The largest absolute Gasteiger partial charge is 0.412 e. The summed E-state index contributed by atoms with van der Waals surface area (Å²) in [6.07, 6.45) is 8.40. The first-order chi connectivity index (χ1) is 13.2. The summed E-state index contributed by atoms with van der Waals surface area (Å²) in [6, 6.07) is 0.180. The van der Waals surface area contributed by atoms with E-state index in [-0.39, 0.29) is 30.5 Å². The molecule has 1 saturated carbocycles. The monoisotopic (exact) mass is 465 g/mol. The number of halogens is 1. The Morgan fingerprint density at radius 1 is 1.13 bits per heavy atom. The van der Waals surface area contributed by atoms with E-state index in [2.05, 4.69) is 50.2 Å². The molecule has 1 heterocycles. The topological polar surface area (TPSA) is 107 Å². The first-order valence-corrected chi connectivity index (χ1v) is 12.1. The molecule has 188 valence electrons. The van der Waals surface area contributed by atoms with Gasteiger partial charge in [0.05, 0.1) is 0 Å². The van der Waals surface area contributed by atoms with Crippen LogP contribution in [0.3, 0.4) is 0 Å². The zero-order valence-electron chi connectivity index (χ0n) is 19.9. The van der Waals surface area contributed by atoms with E-state index < -0.39 is 0 Å². The van der Waals surface area contributed by atoms with Gasteiger partial charge in [-0.25, -0.2) is 4.79 Å². The van der Waals surface area contributed by atoms with E-state index in [9.17, 15) is 4.79 Å². The van der Waals surface area contributed by atoms with E-state index in [1.807, 2.05) is 0 Å². The average molecular weight is 466 g/mol. The zero-order chi connectivity index (χ0) is 20.7. The highest BCUT2D eigenvalue weighted by atomic mass is 35.5. The minimum atomic E-state index is -0.0147. The molecule has 1 aliphatic heterocycles. The van der Waals surface area contributed by atoms with Crippen molar-refractivity contribution in [3.63, 3.8) is 0 Å². The lowest BCUT2D eigenvalue weighted by molar-refractivity contribution is 0.00545. The van der Waals surface area contributed by atoms with Gasteiger partial charge in [-0.05, 0) is 68.2 Å². The Balaban J connectivity index is 0. The first kappa shape index (κ1) is 32.6. The lowest BCUT2D eigenvalue weighted by atomic mass is 9.64. The lowest BCUT2D eigenvalue weighted by Gasteiger charge is -2.49. The fourth-order valence-corrected chi connectivity index (χ4v) is 5.55. The molecule has 2 aliphatic rings. The fourth-order valence-electron chi connectivity index (χ4n) is 5.29. The molecule has 31 heavy (non-hydrogen) atoms. The van der Waals surface area contributed by atoms with Crippen molar-refractivity contribution in [2.24, 2.45) is 23.2 Å². The molecule has 2 fully saturated rings. The molecule has 0 radical (unpaired) electrons. The van der Waals surface area contributed by atoms with Crippen molar-refractivity contribution < 1.29 is 15.7 Å². The second kappa shape index (κ2) is 15.3. The number of likely N-dealkylation sites (tertiary alicyclic amines) is 1. The highest BCUT2D eigenvalue weighted by Crippen LogP contribution is 2.45. The third kappa shape index (κ3) is 10.3. The van der Waals surface area contributed by atoms with Crippen molar-refractivity contribution in [3.8, 4) is 0 Å². The Morgan fingerprint density at radius 2 is 1.74 bits per heavy atom. The Kier molecular flexibility index (Phi) is 16.1. The van der Waals surface area contributed by atoms with Crippen LogP contribution in [0.25, 0.3) is 0 Å². The van der Waals surface area contributed by atoms with Crippen LogP contribution in [0.1, 0.15) is 87.0 Å². The molecule has 2 rings (SSSR count). The number of hydrogen-bond donors (Lipinski definition) is 2. The molecule has 2 atom stereocenters. The molecular formula is C24H52ClN3O3. The number of nitrogens with one attached hydrogen (secondary N) is 2. The molecule has 0 aromatic rings. The van der Waals surface area contributed by atoms with E-state index in [4.69, 9.17) is 11.6 Å². The van der Waals surface area contributed by atoms with Crippen molar-refractivity contribution in [2.45, 2.75) is 98.4 Å². The maximum absolute atomic E-state index is 12.2. The average Bonchev–Trinajstić information content (AvgIpc) is 2.62. The summed E-state index contributed by atoms with van der Waals surface area (Å²) >= 11 is 6.34. The lowest BCUT2D eigenvalue weighted by Crippen LogP contribution is -2.55. The molecule has 1 unspecified atom stereocenters. The van der Waals surface area contributed by atoms with Crippen LogP contribution >= 0.6 is 11.6 Å². The van der Waals surface area contributed by atoms with Crippen LogP contribution in [-0.4, -0.2) is 59.5 Å². The standard InChI is InChI=1S/C23H44ClN3O.CH4.2H2O/c1-6-7-13-25-22(28)26-21(17(2)3)15-27-14-12-20(23(4,5)16-27)18-8-10-19(24)11-9-18;;;/h17-21H,6-16H2,1-5H3,(H2,25,26,28);1H4;2*1H2/t18?,19?,20?,21-;;;/m0.../s1. The van der Waals surface area contributed by atoms with E-state index in [1.54, 1.807) is 0 Å². The third-order valence-electron chi connectivity index (χ3n) is 7.05. The van der Waals surface area contributed by atoms with Crippen LogP contribution in [0.4, 0.5) is 4.79 Å². The van der Waals surface area contributed by atoms with Crippen LogP contribution in [0.15, 0.2) is 0 Å². The molecule has 0 bridgehead atoms. The number of unbranched alkanes of at least 4 members (excludes halogenated alkanes) is 1. The second-order valence-corrected chi connectivity index (χ2v) is 10.9. The number of carbonyl (C=O) groups is 1. The van der Waals surface area contributed by atoms with Crippen LogP contribution in [0, 0.1) is 23.2 Å². The fraction of sp³-hybridized carbons (Fsp3) is 0.958. The van der Waals surface area contributed by atoms with Crippen molar-refractivity contribution in [1.82, 2.24) is 15.5 Å². The van der Waals surface area contributed by atoms with Crippen molar-refractivity contribution >= 4 is 17.6 Å². The molecule has 0 aromatic carbocycles. The Hall–Kier alpha value is -0.560. The SMILES string of the molecule is C.CCCCNC(=O)N[C@@H](CN1CCC(C2CCC(Cl)CC2)C(C)(C)C1)C(C)C.O.O. The van der Waals surface area contributed by atoms with Crippen LogP contribution in [-0.2, 0) is 0 Å². The predicted molar refractivity (Wildman–Crippen MR) is 134 cm³/mol. The smallest absolute Gasteiger partial charge is 0.315 e. The van der Waals surface area contributed by atoms with Gasteiger partial charge in [0.25, 0.3) is 0 Å². The van der Waals surface area contributed by atoms with Gasteiger partial charge in [-0.15, -0.1) is 11.6 Å². The summed E-state index contributed by atoms with van der Waals surface area (Å²) in [7, 11) is 0. The van der Waals surface area contributed by atoms with Crippen molar-refractivity contribution in [1.29, 1.82) is 0 Å². The predicted octanol–water partition coefficient (Wildman–Crippen LogP) is 4.24.